The molecule has 0 unspecified atom stereocenters. The number of methoxy groups -OCH3 is 2. The molecule has 118 valence electrons. The molecule has 0 radical (unpaired) electrons. The summed E-state index contributed by atoms with van der Waals surface area (Å²) in [5.74, 6) is 0.921. The number of benzene rings is 1. The van der Waals surface area contributed by atoms with Gasteiger partial charge in [0.15, 0.2) is 0 Å². The second-order valence-electron chi connectivity index (χ2n) is 5.43. The average Bonchev–Trinajstić information content (AvgIpc) is 2.46. The first-order valence-electron chi connectivity index (χ1n) is 7.16. The maximum absolute atomic E-state index is 12.9. The monoisotopic (exact) mass is 313 g/mol. The van der Waals surface area contributed by atoms with Crippen molar-refractivity contribution < 1.29 is 17.9 Å². The van der Waals surface area contributed by atoms with E-state index >= 15 is 0 Å². The Morgan fingerprint density at radius 1 is 1.14 bits per heavy atom. The van der Waals surface area contributed by atoms with Gasteiger partial charge < -0.3 is 9.47 Å². The van der Waals surface area contributed by atoms with Crippen molar-refractivity contribution in [2.45, 2.75) is 44.0 Å². The third-order valence-electron chi connectivity index (χ3n) is 4.01. The van der Waals surface area contributed by atoms with Crippen molar-refractivity contribution in [3.63, 3.8) is 0 Å². The molecule has 0 bridgehead atoms. The van der Waals surface area contributed by atoms with E-state index in [4.69, 9.17) is 9.47 Å². The number of hydrogen-bond acceptors (Lipinski definition) is 4. The molecular weight excluding hydrogens is 290 g/mol. The van der Waals surface area contributed by atoms with Gasteiger partial charge in [-0.25, -0.2) is 8.42 Å². The van der Waals surface area contributed by atoms with Crippen molar-refractivity contribution in [1.82, 2.24) is 4.31 Å². The topological polar surface area (TPSA) is 55.8 Å². The molecule has 0 N–H and O–H groups in total. The zero-order valence-corrected chi connectivity index (χ0v) is 13.9. The lowest BCUT2D eigenvalue weighted by atomic mass is 10.1. The van der Waals surface area contributed by atoms with Crippen LogP contribution in [-0.2, 0) is 10.0 Å². The number of rotatable bonds is 4. The first-order valence-corrected chi connectivity index (χ1v) is 8.60. The Bertz CT molecular complexity index is 612. The summed E-state index contributed by atoms with van der Waals surface area (Å²) in [6.07, 6.45) is 2.86. The summed E-state index contributed by atoms with van der Waals surface area (Å²) in [6.45, 7) is 4.37. The average molecular weight is 313 g/mol. The number of aryl methyl sites for hydroxylation is 1. The molecule has 0 saturated carbocycles. The molecule has 0 spiro atoms. The van der Waals surface area contributed by atoms with Crippen LogP contribution in [0, 0.1) is 6.92 Å². The zero-order valence-electron chi connectivity index (χ0n) is 13.0. The van der Waals surface area contributed by atoms with E-state index in [0.717, 1.165) is 24.8 Å². The number of ether oxygens (including phenoxy) is 2. The molecule has 1 aliphatic heterocycles. The molecular formula is C15H23NO4S. The first-order chi connectivity index (χ1) is 9.91. The quantitative estimate of drug-likeness (QED) is 0.857. The fourth-order valence-corrected chi connectivity index (χ4v) is 4.63. The molecule has 1 atom stereocenters. The highest BCUT2D eigenvalue weighted by molar-refractivity contribution is 7.89. The highest BCUT2D eigenvalue weighted by atomic mass is 32.2. The van der Waals surface area contributed by atoms with Gasteiger partial charge in [0.2, 0.25) is 10.0 Å². The van der Waals surface area contributed by atoms with E-state index in [1.165, 1.54) is 14.2 Å². The molecule has 1 aliphatic rings. The first kappa shape index (κ1) is 16.1. The van der Waals surface area contributed by atoms with Gasteiger partial charge >= 0.3 is 0 Å². The SMILES string of the molecule is COc1cc(S(=O)(=O)N2CCCC[C@H]2C)c(OC)cc1C. The molecule has 1 heterocycles. The molecule has 5 nitrogen and oxygen atoms in total. The van der Waals surface area contributed by atoms with Crippen molar-refractivity contribution in [3.05, 3.63) is 17.7 Å². The minimum atomic E-state index is -3.57. The summed E-state index contributed by atoms with van der Waals surface area (Å²) < 4.78 is 38.0. The molecule has 0 aromatic heterocycles. The summed E-state index contributed by atoms with van der Waals surface area (Å²) >= 11 is 0. The van der Waals surface area contributed by atoms with E-state index in [2.05, 4.69) is 0 Å². The van der Waals surface area contributed by atoms with Crippen molar-refractivity contribution in [3.8, 4) is 11.5 Å². The molecule has 1 fully saturated rings. The Hall–Kier alpha value is -1.27. The molecule has 1 aromatic carbocycles. The van der Waals surface area contributed by atoms with Crippen LogP contribution in [0.4, 0.5) is 0 Å². The van der Waals surface area contributed by atoms with E-state index in [-0.39, 0.29) is 10.9 Å². The molecule has 6 heteroatoms. The Morgan fingerprint density at radius 3 is 2.38 bits per heavy atom. The van der Waals surface area contributed by atoms with Gasteiger partial charge in [-0.3, -0.25) is 0 Å². The largest absolute Gasteiger partial charge is 0.496 e. The fourth-order valence-electron chi connectivity index (χ4n) is 2.78. The maximum atomic E-state index is 12.9. The minimum Gasteiger partial charge on any atom is -0.496 e. The van der Waals surface area contributed by atoms with Crippen LogP contribution in [0.25, 0.3) is 0 Å². The van der Waals surface area contributed by atoms with Crippen LogP contribution in [0.1, 0.15) is 31.7 Å². The smallest absolute Gasteiger partial charge is 0.247 e. The van der Waals surface area contributed by atoms with Gasteiger partial charge in [-0.2, -0.15) is 4.31 Å². The number of nitrogens with zero attached hydrogens (tertiary/aromatic N) is 1. The predicted molar refractivity (Wildman–Crippen MR) is 81.5 cm³/mol. The summed E-state index contributed by atoms with van der Waals surface area (Å²) in [6, 6.07) is 3.28. The summed E-state index contributed by atoms with van der Waals surface area (Å²) in [5, 5.41) is 0. The Balaban J connectivity index is 2.52. The van der Waals surface area contributed by atoms with Crippen LogP contribution in [0.15, 0.2) is 17.0 Å². The predicted octanol–water partition coefficient (Wildman–Crippen LogP) is 2.58. The number of sulfonamides is 1. The van der Waals surface area contributed by atoms with E-state index in [1.54, 1.807) is 16.4 Å². The number of piperidine rings is 1. The molecule has 1 aromatic rings. The van der Waals surface area contributed by atoms with Gasteiger partial charge in [-0.05, 0) is 38.3 Å². The van der Waals surface area contributed by atoms with E-state index in [9.17, 15) is 8.42 Å². The Labute approximate surface area is 126 Å². The lowest BCUT2D eigenvalue weighted by Crippen LogP contribution is -2.42. The van der Waals surface area contributed by atoms with Crippen LogP contribution in [0.5, 0.6) is 11.5 Å². The summed E-state index contributed by atoms with van der Waals surface area (Å²) in [5.41, 5.74) is 0.847. The van der Waals surface area contributed by atoms with Gasteiger partial charge in [-0.15, -0.1) is 0 Å². The third kappa shape index (κ3) is 3.01. The van der Waals surface area contributed by atoms with Gasteiger partial charge in [0.25, 0.3) is 0 Å². The van der Waals surface area contributed by atoms with Gasteiger partial charge in [-0.1, -0.05) is 6.42 Å². The third-order valence-corrected chi connectivity index (χ3v) is 6.04. The highest BCUT2D eigenvalue weighted by Crippen LogP contribution is 2.35. The number of hydrogen-bond donors (Lipinski definition) is 0. The second-order valence-corrected chi connectivity index (χ2v) is 7.29. The summed E-state index contributed by atoms with van der Waals surface area (Å²) in [7, 11) is -0.553. The highest BCUT2D eigenvalue weighted by Gasteiger charge is 2.33. The van der Waals surface area contributed by atoms with Gasteiger partial charge in [0.1, 0.15) is 16.4 Å². The fraction of sp³-hybridized carbons (Fsp3) is 0.600. The van der Waals surface area contributed by atoms with Crippen molar-refractivity contribution in [1.29, 1.82) is 0 Å². The van der Waals surface area contributed by atoms with Crippen molar-refractivity contribution in [2.24, 2.45) is 0 Å². The summed E-state index contributed by atoms with van der Waals surface area (Å²) in [4.78, 5) is 0.182. The Kier molecular flexibility index (Phi) is 4.78. The normalized spacial score (nSPS) is 20.3. The molecule has 0 amide bonds. The van der Waals surface area contributed by atoms with Crippen LogP contribution < -0.4 is 9.47 Å². The van der Waals surface area contributed by atoms with E-state index < -0.39 is 10.0 Å². The molecule has 0 aliphatic carbocycles. The maximum Gasteiger partial charge on any atom is 0.247 e. The molecule has 1 saturated heterocycles. The van der Waals surface area contributed by atoms with Crippen molar-refractivity contribution >= 4 is 10.0 Å². The van der Waals surface area contributed by atoms with Crippen LogP contribution >= 0.6 is 0 Å². The minimum absolute atomic E-state index is 0.0146. The van der Waals surface area contributed by atoms with Gasteiger partial charge in [0, 0.05) is 18.7 Å². The van der Waals surface area contributed by atoms with Crippen LogP contribution in [0.3, 0.4) is 0 Å². The van der Waals surface area contributed by atoms with Gasteiger partial charge in [0.05, 0.1) is 14.2 Å². The van der Waals surface area contributed by atoms with Crippen molar-refractivity contribution in [2.75, 3.05) is 20.8 Å². The van der Waals surface area contributed by atoms with E-state index in [0.29, 0.717) is 18.0 Å². The lowest BCUT2D eigenvalue weighted by molar-refractivity contribution is 0.267. The second kappa shape index (κ2) is 6.23. The zero-order chi connectivity index (χ0) is 15.6. The van der Waals surface area contributed by atoms with Crippen LogP contribution in [-0.4, -0.2) is 39.5 Å². The lowest BCUT2D eigenvalue weighted by Gasteiger charge is -2.32. The molecule has 21 heavy (non-hydrogen) atoms. The Morgan fingerprint density at radius 2 is 1.81 bits per heavy atom. The standard InChI is InChI=1S/C15H23NO4S/c1-11-9-14(20-4)15(10-13(11)19-3)21(17,18)16-8-6-5-7-12(16)2/h9-10,12H,5-8H2,1-4H3/t12-/m1/s1. The molecule has 2 rings (SSSR count). The van der Waals surface area contributed by atoms with E-state index in [1.807, 2.05) is 13.8 Å². The van der Waals surface area contributed by atoms with Crippen LogP contribution in [0.2, 0.25) is 0 Å².